The number of aromatic nitrogens is 1. The Morgan fingerprint density at radius 2 is 1.88 bits per heavy atom. The number of benzene rings is 3. The predicted molar refractivity (Wildman–Crippen MR) is 104 cm³/mol. The van der Waals surface area contributed by atoms with Gasteiger partial charge in [0.25, 0.3) is 0 Å². The second-order valence-corrected chi connectivity index (χ2v) is 6.69. The Morgan fingerprint density at radius 1 is 1.08 bits per heavy atom. The first-order valence-corrected chi connectivity index (χ1v) is 8.79. The van der Waals surface area contributed by atoms with Gasteiger partial charge in [0.2, 0.25) is 5.89 Å². The first-order valence-electron chi connectivity index (χ1n) is 8.00. The Kier molecular flexibility index (Phi) is 3.77. The third kappa shape index (κ3) is 2.47. The van der Waals surface area contributed by atoms with Crippen molar-refractivity contribution < 1.29 is 4.42 Å². The summed E-state index contributed by atoms with van der Waals surface area (Å²) in [4.78, 5) is 4.74. The number of hydrogen-bond donors (Lipinski definition) is 1. The van der Waals surface area contributed by atoms with E-state index in [-0.39, 0.29) is 0 Å². The van der Waals surface area contributed by atoms with E-state index in [9.17, 15) is 0 Å². The van der Waals surface area contributed by atoms with E-state index in [0.29, 0.717) is 5.89 Å². The van der Waals surface area contributed by atoms with Crippen LogP contribution in [0.1, 0.15) is 12.5 Å². The summed E-state index contributed by atoms with van der Waals surface area (Å²) in [7, 11) is 0. The molecule has 0 spiro atoms. The van der Waals surface area contributed by atoms with Crippen molar-refractivity contribution in [2.45, 2.75) is 13.8 Å². The molecule has 24 heavy (non-hydrogen) atoms. The fraction of sp³-hybridized carbons (Fsp3) is 0.150. The van der Waals surface area contributed by atoms with E-state index in [1.165, 1.54) is 0 Å². The molecule has 3 nitrogen and oxygen atoms in total. The van der Waals surface area contributed by atoms with Crippen LogP contribution in [-0.2, 0) is 0 Å². The number of nitrogens with one attached hydrogen (secondary N) is 1. The quantitative estimate of drug-likeness (QED) is 0.463. The van der Waals surface area contributed by atoms with Gasteiger partial charge in [-0.1, -0.05) is 40.2 Å². The van der Waals surface area contributed by atoms with Gasteiger partial charge in [0.15, 0.2) is 5.58 Å². The van der Waals surface area contributed by atoms with Crippen molar-refractivity contribution >= 4 is 43.5 Å². The van der Waals surface area contributed by atoms with Gasteiger partial charge < -0.3 is 9.73 Å². The van der Waals surface area contributed by atoms with Crippen LogP contribution in [0.3, 0.4) is 0 Å². The van der Waals surface area contributed by atoms with Crippen molar-refractivity contribution in [1.29, 1.82) is 0 Å². The largest absolute Gasteiger partial charge is 0.436 e. The molecule has 0 unspecified atom stereocenters. The molecule has 0 amide bonds. The molecule has 0 aliphatic carbocycles. The molecule has 4 rings (SSSR count). The highest BCUT2D eigenvalue weighted by molar-refractivity contribution is 9.10. The van der Waals surface area contributed by atoms with E-state index in [0.717, 1.165) is 49.7 Å². The molecule has 0 bridgehead atoms. The minimum absolute atomic E-state index is 0.658. The lowest BCUT2D eigenvalue weighted by Crippen LogP contribution is -1.96. The Balaban J connectivity index is 1.94. The Morgan fingerprint density at radius 3 is 2.71 bits per heavy atom. The van der Waals surface area contributed by atoms with Crippen LogP contribution < -0.4 is 5.32 Å². The molecule has 120 valence electrons. The van der Waals surface area contributed by atoms with Gasteiger partial charge in [0.05, 0.1) is 0 Å². The van der Waals surface area contributed by atoms with Crippen LogP contribution in [0.4, 0.5) is 5.69 Å². The maximum Gasteiger partial charge on any atom is 0.227 e. The van der Waals surface area contributed by atoms with E-state index < -0.39 is 0 Å². The summed E-state index contributed by atoms with van der Waals surface area (Å²) < 4.78 is 7.18. The zero-order chi connectivity index (χ0) is 16.7. The number of fused-ring (bicyclic) bond motifs is 2. The maximum absolute atomic E-state index is 6.11. The zero-order valence-electron chi connectivity index (χ0n) is 13.6. The van der Waals surface area contributed by atoms with Crippen LogP contribution in [-0.4, -0.2) is 11.5 Å². The predicted octanol–water partition coefficient (Wildman–Crippen LogP) is 6.15. The molecule has 4 heteroatoms. The number of anilines is 1. The molecule has 0 saturated carbocycles. The first-order chi connectivity index (χ1) is 11.7. The van der Waals surface area contributed by atoms with Crippen LogP contribution in [0.25, 0.3) is 33.3 Å². The maximum atomic E-state index is 6.11. The summed E-state index contributed by atoms with van der Waals surface area (Å²) in [5, 5.41) is 5.62. The number of hydrogen-bond acceptors (Lipinski definition) is 3. The zero-order valence-corrected chi connectivity index (χ0v) is 15.1. The highest BCUT2D eigenvalue weighted by Crippen LogP contribution is 2.34. The lowest BCUT2D eigenvalue weighted by atomic mass is 10.0. The minimum Gasteiger partial charge on any atom is -0.436 e. The molecule has 1 aromatic heterocycles. The Hall–Kier alpha value is -2.33. The van der Waals surface area contributed by atoms with Gasteiger partial charge in [-0.05, 0) is 54.4 Å². The SMILES string of the molecule is CCNc1cc(C)c2oc(-c3cccc4c(Br)cccc34)nc2c1. The van der Waals surface area contributed by atoms with Crippen molar-refractivity contribution in [2.24, 2.45) is 0 Å². The van der Waals surface area contributed by atoms with Gasteiger partial charge in [0, 0.05) is 22.3 Å². The highest BCUT2D eigenvalue weighted by Gasteiger charge is 2.14. The monoisotopic (exact) mass is 380 g/mol. The molecule has 0 fully saturated rings. The van der Waals surface area contributed by atoms with Crippen LogP contribution in [0.15, 0.2) is 57.4 Å². The number of halogens is 1. The lowest BCUT2D eigenvalue weighted by Gasteiger charge is -2.04. The molecule has 1 heterocycles. The molecule has 0 atom stereocenters. The average molecular weight is 381 g/mol. The third-order valence-electron chi connectivity index (χ3n) is 4.16. The molecular formula is C20H17BrN2O. The highest BCUT2D eigenvalue weighted by atomic mass is 79.9. The van der Waals surface area contributed by atoms with Crippen LogP contribution >= 0.6 is 15.9 Å². The van der Waals surface area contributed by atoms with Gasteiger partial charge in [0.1, 0.15) is 5.52 Å². The fourth-order valence-electron chi connectivity index (χ4n) is 3.08. The van der Waals surface area contributed by atoms with Crippen molar-refractivity contribution in [3.8, 4) is 11.5 Å². The topological polar surface area (TPSA) is 38.1 Å². The summed E-state index contributed by atoms with van der Waals surface area (Å²) in [6.45, 7) is 5.02. The van der Waals surface area contributed by atoms with Crippen molar-refractivity contribution in [3.63, 3.8) is 0 Å². The molecule has 0 aliphatic heterocycles. The van der Waals surface area contributed by atoms with E-state index in [1.54, 1.807) is 0 Å². The smallest absolute Gasteiger partial charge is 0.227 e. The van der Waals surface area contributed by atoms with Gasteiger partial charge in [-0.25, -0.2) is 4.98 Å². The second kappa shape index (κ2) is 5.95. The summed E-state index contributed by atoms with van der Waals surface area (Å²) >= 11 is 3.62. The van der Waals surface area contributed by atoms with Gasteiger partial charge >= 0.3 is 0 Å². The lowest BCUT2D eigenvalue weighted by molar-refractivity contribution is 0.618. The van der Waals surface area contributed by atoms with Crippen molar-refractivity contribution in [1.82, 2.24) is 4.98 Å². The van der Waals surface area contributed by atoms with Crippen LogP contribution in [0, 0.1) is 6.92 Å². The number of aryl methyl sites for hydroxylation is 1. The van der Waals surface area contributed by atoms with E-state index in [1.807, 2.05) is 24.3 Å². The summed E-state index contributed by atoms with van der Waals surface area (Å²) in [5.74, 6) is 0.658. The molecule has 0 radical (unpaired) electrons. The summed E-state index contributed by atoms with van der Waals surface area (Å²) in [6.07, 6.45) is 0. The molecule has 0 aliphatic rings. The summed E-state index contributed by atoms with van der Waals surface area (Å²) in [6, 6.07) is 16.5. The van der Waals surface area contributed by atoms with E-state index >= 15 is 0 Å². The van der Waals surface area contributed by atoms with E-state index in [2.05, 4.69) is 59.4 Å². The van der Waals surface area contributed by atoms with E-state index in [4.69, 9.17) is 9.40 Å². The van der Waals surface area contributed by atoms with Crippen LogP contribution in [0.2, 0.25) is 0 Å². The standard InChI is InChI=1S/C20H17BrN2O/c1-3-22-13-10-12(2)19-18(11-13)23-20(24-19)16-8-4-7-15-14(16)6-5-9-17(15)21/h4-11,22H,3H2,1-2H3. The minimum atomic E-state index is 0.658. The van der Waals surface area contributed by atoms with Crippen molar-refractivity contribution in [2.75, 3.05) is 11.9 Å². The average Bonchev–Trinajstić information content (AvgIpc) is 3.00. The first kappa shape index (κ1) is 15.2. The van der Waals surface area contributed by atoms with Gasteiger partial charge in [-0.2, -0.15) is 0 Å². The fourth-order valence-corrected chi connectivity index (χ4v) is 3.58. The number of nitrogens with zero attached hydrogens (tertiary/aromatic N) is 1. The molecule has 3 aromatic carbocycles. The van der Waals surface area contributed by atoms with Gasteiger partial charge in [-0.3, -0.25) is 0 Å². The number of rotatable bonds is 3. The summed E-state index contributed by atoms with van der Waals surface area (Å²) in [5.41, 5.74) is 4.90. The molecule has 4 aromatic rings. The number of oxazole rings is 1. The molecular weight excluding hydrogens is 364 g/mol. The van der Waals surface area contributed by atoms with Crippen molar-refractivity contribution in [3.05, 3.63) is 58.6 Å². The Labute approximate surface area is 148 Å². The van der Waals surface area contributed by atoms with Gasteiger partial charge in [-0.15, -0.1) is 0 Å². The molecule has 0 saturated heterocycles. The second-order valence-electron chi connectivity index (χ2n) is 5.83. The van der Waals surface area contributed by atoms with Crippen LogP contribution in [0.5, 0.6) is 0 Å². The third-order valence-corrected chi connectivity index (χ3v) is 4.85. The normalized spacial score (nSPS) is 11.3. The molecule has 1 N–H and O–H groups in total. The Bertz CT molecular complexity index is 1050.